The van der Waals surface area contributed by atoms with E-state index in [9.17, 15) is 0 Å². The molecule has 0 fully saturated rings. The largest absolute Gasteiger partial charge is 0.359 e. The summed E-state index contributed by atoms with van der Waals surface area (Å²) in [5.41, 5.74) is 0. The van der Waals surface area contributed by atoms with E-state index in [0.29, 0.717) is 6.17 Å². The van der Waals surface area contributed by atoms with Crippen LogP contribution in [-0.4, -0.2) is 23.0 Å². The molecule has 2 nitrogen and oxygen atoms in total. The highest BCUT2D eigenvalue weighted by molar-refractivity contribution is 14.0. The maximum Gasteiger partial charge on any atom is 0.102 e. The van der Waals surface area contributed by atoms with Gasteiger partial charge in [-0.15, -0.1) is 24.0 Å². The van der Waals surface area contributed by atoms with Gasteiger partial charge in [0.25, 0.3) is 0 Å². The van der Waals surface area contributed by atoms with Gasteiger partial charge in [0.1, 0.15) is 6.17 Å². The summed E-state index contributed by atoms with van der Waals surface area (Å²) in [6.07, 6.45) is 6.30. The average molecular weight is 252 g/mol. The lowest BCUT2D eigenvalue weighted by atomic mass is 10.5. The molecule has 0 aliphatic carbocycles. The van der Waals surface area contributed by atoms with Gasteiger partial charge in [0.2, 0.25) is 0 Å². The van der Waals surface area contributed by atoms with E-state index in [2.05, 4.69) is 23.3 Å². The van der Waals surface area contributed by atoms with Crippen LogP contribution in [0.3, 0.4) is 0 Å². The first kappa shape index (κ1) is 9.81. The third kappa shape index (κ3) is 1.65. The Morgan fingerprint density at radius 1 is 1.50 bits per heavy atom. The summed E-state index contributed by atoms with van der Waals surface area (Å²) in [5, 5.41) is 0. The number of rotatable bonds is 1. The molecular weight excluding hydrogens is 239 g/mol. The van der Waals surface area contributed by atoms with E-state index < -0.39 is 0 Å². The van der Waals surface area contributed by atoms with Gasteiger partial charge in [0.15, 0.2) is 0 Å². The lowest BCUT2D eigenvalue weighted by Gasteiger charge is -2.23. The van der Waals surface area contributed by atoms with Crippen LogP contribution < -0.4 is 0 Å². The highest BCUT2D eigenvalue weighted by Crippen LogP contribution is 2.11. The van der Waals surface area contributed by atoms with E-state index in [0.717, 1.165) is 0 Å². The molecule has 1 heterocycles. The van der Waals surface area contributed by atoms with E-state index in [1.807, 2.05) is 25.6 Å². The molecule has 1 aliphatic rings. The fourth-order valence-corrected chi connectivity index (χ4v) is 0.855. The minimum absolute atomic E-state index is 0. The number of halogens is 1. The summed E-state index contributed by atoms with van der Waals surface area (Å²) in [6, 6.07) is 0. The van der Waals surface area contributed by atoms with Gasteiger partial charge >= 0.3 is 0 Å². The molecule has 58 valence electrons. The minimum Gasteiger partial charge on any atom is -0.359 e. The minimum atomic E-state index is 0. The van der Waals surface area contributed by atoms with Crippen LogP contribution in [0.15, 0.2) is 25.2 Å². The fourth-order valence-electron chi connectivity index (χ4n) is 0.855. The van der Waals surface area contributed by atoms with Crippen molar-refractivity contribution < 1.29 is 0 Å². The van der Waals surface area contributed by atoms with Crippen molar-refractivity contribution >= 4 is 24.0 Å². The summed E-state index contributed by atoms with van der Waals surface area (Å²) in [4.78, 5) is 4.18. The molecule has 0 aromatic heterocycles. The molecule has 1 aliphatic heterocycles. The molecule has 0 radical (unpaired) electrons. The monoisotopic (exact) mass is 252 g/mol. The molecule has 0 aromatic rings. The van der Waals surface area contributed by atoms with Crippen molar-refractivity contribution in [1.29, 1.82) is 0 Å². The van der Waals surface area contributed by atoms with Crippen LogP contribution in [0, 0.1) is 0 Å². The first-order valence-corrected chi connectivity index (χ1v) is 3.06. The molecule has 0 saturated heterocycles. The zero-order valence-corrected chi connectivity index (χ0v) is 8.65. The van der Waals surface area contributed by atoms with E-state index in [1.54, 1.807) is 0 Å². The Balaban J connectivity index is 0.000000810. The summed E-state index contributed by atoms with van der Waals surface area (Å²) < 4.78 is 0. The van der Waals surface area contributed by atoms with Crippen molar-refractivity contribution in [1.82, 2.24) is 9.80 Å². The third-order valence-corrected chi connectivity index (χ3v) is 1.71. The molecule has 0 aromatic carbocycles. The van der Waals surface area contributed by atoms with Crippen LogP contribution in [-0.2, 0) is 0 Å². The van der Waals surface area contributed by atoms with Gasteiger partial charge in [-0.2, -0.15) is 0 Å². The van der Waals surface area contributed by atoms with Crippen molar-refractivity contribution in [3.8, 4) is 0 Å². The Kier molecular flexibility index (Phi) is 3.78. The average Bonchev–Trinajstić information content (AvgIpc) is 2.15. The molecule has 0 bridgehead atoms. The van der Waals surface area contributed by atoms with E-state index >= 15 is 0 Å². The first-order valence-electron chi connectivity index (χ1n) is 3.06. The zero-order chi connectivity index (χ0) is 6.85. The molecule has 1 atom stereocenters. The molecule has 10 heavy (non-hydrogen) atoms. The van der Waals surface area contributed by atoms with Gasteiger partial charge in [-0.05, 0) is 13.1 Å². The lowest BCUT2D eigenvalue weighted by Crippen LogP contribution is -2.29. The second-order valence-electron chi connectivity index (χ2n) is 2.23. The molecular formula is C7H13IN2. The smallest absolute Gasteiger partial charge is 0.102 e. The molecule has 0 N–H and O–H groups in total. The standard InChI is InChI=1S/C7H12N2.HI/c1-4-9-6-5-8(3)7(9)2;/h4-7H,1H2,2-3H3;1H. The van der Waals surface area contributed by atoms with Gasteiger partial charge < -0.3 is 9.80 Å². The van der Waals surface area contributed by atoms with Crippen LogP contribution in [0.5, 0.6) is 0 Å². The summed E-state index contributed by atoms with van der Waals surface area (Å²) >= 11 is 0. The first-order chi connectivity index (χ1) is 4.25. The molecule has 1 rings (SSSR count). The summed E-state index contributed by atoms with van der Waals surface area (Å²) in [6.45, 7) is 5.80. The molecule has 3 heteroatoms. The molecule has 0 amide bonds. The third-order valence-electron chi connectivity index (χ3n) is 1.71. The lowest BCUT2D eigenvalue weighted by molar-refractivity contribution is 0.247. The van der Waals surface area contributed by atoms with E-state index in [-0.39, 0.29) is 24.0 Å². The predicted octanol–water partition coefficient (Wildman–Crippen LogP) is 1.81. The van der Waals surface area contributed by atoms with Crippen LogP contribution >= 0.6 is 24.0 Å². The maximum atomic E-state index is 3.68. The predicted molar refractivity (Wildman–Crippen MR) is 53.8 cm³/mol. The summed E-state index contributed by atoms with van der Waals surface area (Å²) in [5.74, 6) is 0. The molecule has 0 spiro atoms. The van der Waals surface area contributed by atoms with E-state index in [1.165, 1.54) is 0 Å². The van der Waals surface area contributed by atoms with Crippen molar-refractivity contribution in [2.24, 2.45) is 0 Å². The highest BCUT2D eigenvalue weighted by atomic mass is 127. The van der Waals surface area contributed by atoms with Gasteiger partial charge in [0.05, 0.1) is 0 Å². The SMILES string of the molecule is C=CN1C=CN(C)C1C.I. The normalized spacial score (nSPS) is 22.8. The Morgan fingerprint density at radius 2 is 2.10 bits per heavy atom. The second kappa shape index (κ2) is 3.85. The van der Waals surface area contributed by atoms with Gasteiger partial charge in [-0.25, -0.2) is 0 Å². The number of hydrogen-bond acceptors (Lipinski definition) is 2. The second-order valence-corrected chi connectivity index (χ2v) is 2.23. The highest BCUT2D eigenvalue weighted by Gasteiger charge is 2.14. The van der Waals surface area contributed by atoms with Crippen LogP contribution in [0.4, 0.5) is 0 Å². The van der Waals surface area contributed by atoms with Crippen molar-refractivity contribution in [2.75, 3.05) is 7.05 Å². The van der Waals surface area contributed by atoms with Crippen LogP contribution in [0.25, 0.3) is 0 Å². The maximum absolute atomic E-state index is 3.68. The van der Waals surface area contributed by atoms with Gasteiger partial charge in [0, 0.05) is 19.4 Å². The molecule has 0 saturated carbocycles. The number of hydrogen-bond donors (Lipinski definition) is 0. The van der Waals surface area contributed by atoms with Crippen LogP contribution in [0.1, 0.15) is 6.92 Å². The zero-order valence-electron chi connectivity index (χ0n) is 6.32. The van der Waals surface area contributed by atoms with Crippen molar-refractivity contribution in [3.63, 3.8) is 0 Å². The van der Waals surface area contributed by atoms with Crippen LogP contribution in [0.2, 0.25) is 0 Å². The van der Waals surface area contributed by atoms with Crippen molar-refractivity contribution in [3.05, 3.63) is 25.2 Å². The Morgan fingerprint density at radius 3 is 2.30 bits per heavy atom. The van der Waals surface area contributed by atoms with Crippen molar-refractivity contribution in [2.45, 2.75) is 13.1 Å². The summed E-state index contributed by atoms with van der Waals surface area (Å²) in [7, 11) is 2.05. The molecule has 1 unspecified atom stereocenters. The Labute approximate surface area is 79.2 Å². The van der Waals surface area contributed by atoms with E-state index in [4.69, 9.17) is 0 Å². The van der Waals surface area contributed by atoms with Gasteiger partial charge in [-0.3, -0.25) is 0 Å². The topological polar surface area (TPSA) is 6.48 Å². The quantitative estimate of drug-likeness (QED) is 0.657. The van der Waals surface area contributed by atoms with Gasteiger partial charge in [-0.1, -0.05) is 6.58 Å². The Bertz CT molecular complexity index is 145. The number of nitrogens with zero attached hydrogens (tertiary/aromatic N) is 2. The fraction of sp³-hybridized carbons (Fsp3) is 0.429. The Hall–Kier alpha value is -0.190.